The Bertz CT molecular complexity index is 555. The molecule has 0 aromatic heterocycles. The van der Waals surface area contributed by atoms with Gasteiger partial charge in [-0.3, -0.25) is 9.13 Å². The Labute approximate surface area is 145 Å². The summed E-state index contributed by atoms with van der Waals surface area (Å²) in [4.78, 5) is 49.5. The van der Waals surface area contributed by atoms with E-state index in [-0.39, 0.29) is 19.4 Å². The van der Waals surface area contributed by atoms with Gasteiger partial charge in [-0.15, -0.1) is 0 Å². The predicted molar refractivity (Wildman–Crippen MR) is 89.6 cm³/mol. The number of hydrogen-bond acceptors (Lipinski definition) is 6. The molecule has 0 bridgehead atoms. The fourth-order valence-electron chi connectivity index (χ4n) is 1.73. The number of carbonyl (C=O) groups is 2. The summed E-state index contributed by atoms with van der Waals surface area (Å²) in [5, 5.41) is 13.8. The first kappa shape index (κ1) is 24.0. The van der Waals surface area contributed by atoms with Gasteiger partial charge in [-0.25, -0.2) is 9.59 Å². The van der Waals surface area contributed by atoms with Gasteiger partial charge in [0.25, 0.3) is 0 Å². The van der Waals surface area contributed by atoms with E-state index in [1.165, 1.54) is 0 Å². The second-order valence-corrected chi connectivity index (χ2v) is 11.0. The highest BCUT2D eigenvalue weighted by Crippen LogP contribution is 2.53. The Hall–Kier alpha value is -0.960. The molecule has 1 amide bonds. The smallest absolute Gasteiger partial charge is 0.408 e. The molecule has 0 aromatic rings. The minimum atomic E-state index is -4.60. The van der Waals surface area contributed by atoms with E-state index in [0.29, 0.717) is 0 Å². The van der Waals surface area contributed by atoms with Crippen molar-refractivity contribution >= 4 is 27.0 Å². The molecule has 6 N–H and O–H groups in total. The molecule has 13 heteroatoms. The maximum Gasteiger partial charge on any atom is 0.408 e. The molecule has 0 aliphatic carbocycles. The van der Waals surface area contributed by atoms with Gasteiger partial charge in [0.2, 0.25) is 7.37 Å². The molecule has 0 rings (SSSR count). The fourth-order valence-corrected chi connectivity index (χ4v) is 4.94. The fraction of sp³-hybridized carbons (Fsp3) is 0.833. The monoisotopic (exact) mass is 404 g/mol. The molecule has 0 aliphatic rings. The van der Waals surface area contributed by atoms with Crippen molar-refractivity contribution in [1.82, 2.24) is 10.6 Å². The van der Waals surface area contributed by atoms with Crippen molar-refractivity contribution in [3.63, 3.8) is 0 Å². The maximum atomic E-state index is 11.6. The van der Waals surface area contributed by atoms with Crippen LogP contribution in [-0.4, -0.2) is 62.2 Å². The number of nitrogens with one attached hydrogen (secondary N) is 2. The van der Waals surface area contributed by atoms with Gasteiger partial charge in [0.1, 0.15) is 17.5 Å². The molecule has 0 saturated carbocycles. The maximum absolute atomic E-state index is 11.6. The van der Waals surface area contributed by atoms with Crippen LogP contribution >= 0.6 is 15.0 Å². The SMILES string of the molecule is CC(C)(C)OC(=O)N[C@@H](CCCNCP(=O)(O)CP(=O)(O)O)C(=O)O. The van der Waals surface area contributed by atoms with E-state index in [4.69, 9.17) is 19.6 Å². The van der Waals surface area contributed by atoms with Gasteiger partial charge in [-0.2, -0.15) is 0 Å². The summed E-state index contributed by atoms with van der Waals surface area (Å²) in [5.41, 5.74) is -0.768. The summed E-state index contributed by atoms with van der Waals surface area (Å²) >= 11 is 0. The normalized spacial score (nSPS) is 15.9. The van der Waals surface area contributed by atoms with Crippen molar-refractivity contribution in [3.05, 3.63) is 0 Å². The lowest BCUT2D eigenvalue weighted by molar-refractivity contribution is -0.139. The van der Waals surface area contributed by atoms with Crippen LogP contribution in [0.5, 0.6) is 0 Å². The third-order valence-corrected chi connectivity index (χ3v) is 6.56. The van der Waals surface area contributed by atoms with E-state index in [1.807, 2.05) is 0 Å². The third kappa shape index (κ3) is 13.9. The van der Waals surface area contributed by atoms with Crippen LogP contribution < -0.4 is 10.6 Å². The molecule has 0 heterocycles. The number of carboxylic acid groups (broad SMARTS) is 1. The molecule has 0 spiro atoms. The molecular formula is C12H26N2O9P2. The summed E-state index contributed by atoms with van der Waals surface area (Å²) in [6, 6.07) is -1.19. The summed E-state index contributed by atoms with van der Waals surface area (Å²) in [7, 11) is -8.62. The van der Waals surface area contributed by atoms with E-state index in [9.17, 15) is 23.6 Å². The van der Waals surface area contributed by atoms with Gasteiger partial charge in [-0.1, -0.05) is 0 Å². The topological polar surface area (TPSA) is 182 Å². The Morgan fingerprint density at radius 3 is 2.16 bits per heavy atom. The molecule has 0 aliphatic heterocycles. The van der Waals surface area contributed by atoms with Crippen molar-refractivity contribution in [3.8, 4) is 0 Å². The minimum Gasteiger partial charge on any atom is -0.480 e. The van der Waals surface area contributed by atoms with E-state index >= 15 is 0 Å². The zero-order valence-electron chi connectivity index (χ0n) is 14.3. The molecule has 0 radical (unpaired) electrons. The van der Waals surface area contributed by atoms with Gasteiger partial charge in [-0.05, 0) is 40.2 Å². The van der Waals surface area contributed by atoms with Gasteiger partial charge in [0.05, 0.1) is 6.29 Å². The van der Waals surface area contributed by atoms with Crippen LogP contribution in [-0.2, 0) is 18.7 Å². The first-order valence-electron chi connectivity index (χ1n) is 7.40. The van der Waals surface area contributed by atoms with Crippen LogP contribution in [0.1, 0.15) is 33.6 Å². The average Bonchev–Trinajstić information content (AvgIpc) is 2.31. The lowest BCUT2D eigenvalue weighted by atomic mass is 10.1. The number of alkyl carbamates (subject to hydrolysis) is 1. The number of amides is 1. The highest BCUT2D eigenvalue weighted by molar-refractivity contribution is 7.72. The second-order valence-electron chi connectivity index (χ2n) is 6.49. The van der Waals surface area contributed by atoms with Crippen molar-refractivity contribution in [2.75, 3.05) is 18.7 Å². The lowest BCUT2D eigenvalue weighted by Crippen LogP contribution is -2.43. The first-order chi connectivity index (χ1) is 11.1. The molecular weight excluding hydrogens is 378 g/mol. The molecule has 11 nitrogen and oxygen atoms in total. The van der Waals surface area contributed by atoms with Gasteiger partial charge < -0.3 is 35.2 Å². The Balaban J connectivity index is 4.26. The first-order valence-corrected chi connectivity index (χ1v) is 11.2. The van der Waals surface area contributed by atoms with E-state index in [0.717, 1.165) is 0 Å². The third-order valence-electron chi connectivity index (χ3n) is 2.60. The Kier molecular flexibility index (Phi) is 9.29. The number of hydrogen-bond donors (Lipinski definition) is 6. The average molecular weight is 404 g/mol. The van der Waals surface area contributed by atoms with Crippen molar-refractivity contribution in [2.45, 2.75) is 45.3 Å². The summed E-state index contributed by atoms with van der Waals surface area (Å²) in [6.07, 6.45) is -1.09. The summed E-state index contributed by atoms with van der Waals surface area (Å²) in [6.45, 7) is 5.04. The van der Waals surface area contributed by atoms with Crippen molar-refractivity contribution < 1.29 is 43.2 Å². The highest BCUT2D eigenvalue weighted by Gasteiger charge is 2.29. The van der Waals surface area contributed by atoms with Crippen molar-refractivity contribution in [2.24, 2.45) is 0 Å². The van der Waals surface area contributed by atoms with Crippen LogP contribution in [0.2, 0.25) is 0 Å². The predicted octanol–water partition coefficient (Wildman–Crippen LogP) is 0.697. The van der Waals surface area contributed by atoms with Gasteiger partial charge >= 0.3 is 19.7 Å². The van der Waals surface area contributed by atoms with Crippen LogP contribution in [0.4, 0.5) is 4.79 Å². The number of ether oxygens (including phenoxy) is 1. The molecule has 148 valence electrons. The molecule has 1 unspecified atom stereocenters. The van der Waals surface area contributed by atoms with Gasteiger partial charge in [0.15, 0.2) is 0 Å². The zero-order valence-corrected chi connectivity index (χ0v) is 16.1. The highest BCUT2D eigenvalue weighted by atomic mass is 31.2. The van der Waals surface area contributed by atoms with Crippen LogP contribution in [0.25, 0.3) is 0 Å². The van der Waals surface area contributed by atoms with E-state index in [1.54, 1.807) is 20.8 Å². The zero-order chi connectivity index (χ0) is 19.9. The molecule has 25 heavy (non-hydrogen) atoms. The van der Waals surface area contributed by atoms with Crippen molar-refractivity contribution in [1.29, 1.82) is 0 Å². The standard InChI is InChI=1S/C12H26N2O9P2/c1-12(2,3)23-11(17)14-9(10(15)16)5-4-6-13-7-24(18,19)8-25(20,21)22/h9,13H,4-8H2,1-3H3,(H,14,17)(H,15,16)(H,18,19)(H2,20,21,22)/t9-/m0/s1. The Morgan fingerprint density at radius 1 is 1.16 bits per heavy atom. The number of carboxylic acids is 1. The molecule has 0 aromatic carbocycles. The largest absolute Gasteiger partial charge is 0.480 e. The van der Waals surface area contributed by atoms with Crippen LogP contribution in [0.3, 0.4) is 0 Å². The Morgan fingerprint density at radius 2 is 1.72 bits per heavy atom. The number of carbonyl (C=O) groups excluding carboxylic acids is 1. The molecule has 0 fully saturated rings. The summed E-state index contributed by atoms with van der Waals surface area (Å²) in [5.74, 6) is -2.37. The van der Waals surface area contributed by atoms with Crippen LogP contribution in [0, 0.1) is 0 Å². The second kappa shape index (κ2) is 9.66. The van der Waals surface area contributed by atoms with E-state index in [2.05, 4.69) is 10.6 Å². The molecule has 0 saturated heterocycles. The number of rotatable bonds is 10. The number of aliphatic carboxylic acids is 1. The molecule has 2 atom stereocenters. The lowest BCUT2D eigenvalue weighted by Gasteiger charge is -2.22. The van der Waals surface area contributed by atoms with Crippen LogP contribution in [0.15, 0.2) is 0 Å². The quantitative estimate of drug-likeness (QED) is 0.224. The summed E-state index contributed by atoms with van der Waals surface area (Å²) < 4.78 is 27.2. The van der Waals surface area contributed by atoms with Gasteiger partial charge in [0, 0.05) is 0 Å². The van der Waals surface area contributed by atoms with E-state index < -0.39 is 50.9 Å². The minimum absolute atomic E-state index is 0.0375.